The summed E-state index contributed by atoms with van der Waals surface area (Å²) in [6.45, 7) is 8.16. The lowest BCUT2D eigenvalue weighted by molar-refractivity contribution is 1.19. The first-order valence-corrected chi connectivity index (χ1v) is 18.0. The smallest absolute Gasteiger partial charge is 0.211 e. The first kappa shape index (κ1) is 29.0. The zero-order valence-corrected chi connectivity index (χ0v) is 27.1. The van der Waals surface area contributed by atoms with Crippen molar-refractivity contribution in [1.82, 2.24) is 4.57 Å². The summed E-state index contributed by atoms with van der Waals surface area (Å²) in [5.74, 6) is 0. The molecule has 0 atom stereocenters. The van der Waals surface area contributed by atoms with Crippen molar-refractivity contribution in [2.24, 2.45) is 0 Å². The summed E-state index contributed by atoms with van der Waals surface area (Å²) in [4.78, 5) is 3.94. The zero-order chi connectivity index (χ0) is 32.5. The second-order valence-corrected chi connectivity index (χ2v) is 15.7. The molecule has 0 spiro atoms. The molecular weight excluding hydrogens is 599 g/mol. The standard InChI is InChI=1S/C44H29N3Si/c1-46-41-29-33(31-45)40(30-44(41)47-42-26-13-11-24-38(42)39-25-12-14-27-43(39)47)32-16-15-23-37(28-32)48(34-17-5-2-6-18-34,35-19-7-3-8-20-35)36-21-9-4-10-22-36/h2-30H. The molecule has 0 aliphatic heterocycles. The third kappa shape index (κ3) is 4.55. The molecule has 4 heteroatoms. The summed E-state index contributed by atoms with van der Waals surface area (Å²) < 4.78 is 2.17. The highest BCUT2D eigenvalue weighted by molar-refractivity contribution is 7.19. The van der Waals surface area contributed by atoms with Crippen LogP contribution in [0.25, 0.3) is 43.5 Å². The van der Waals surface area contributed by atoms with Gasteiger partial charge in [-0.2, -0.15) is 5.26 Å². The zero-order valence-electron chi connectivity index (χ0n) is 26.1. The van der Waals surface area contributed by atoms with Crippen LogP contribution in [0.5, 0.6) is 0 Å². The first-order chi connectivity index (χ1) is 23.7. The fraction of sp³-hybridized carbons (Fsp3) is 0. The summed E-state index contributed by atoms with van der Waals surface area (Å²) in [5.41, 5.74) is 5.49. The average Bonchev–Trinajstić information content (AvgIpc) is 3.50. The van der Waals surface area contributed by atoms with Gasteiger partial charge in [-0.15, -0.1) is 0 Å². The van der Waals surface area contributed by atoms with Gasteiger partial charge in [-0.25, -0.2) is 4.85 Å². The minimum Gasteiger partial charge on any atom is -0.319 e. The van der Waals surface area contributed by atoms with Crippen LogP contribution in [0.1, 0.15) is 5.56 Å². The van der Waals surface area contributed by atoms with Crippen molar-refractivity contribution in [2.45, 2.75) is 0 Å². The van der Waals surface area contributed by atoms with Crippen molar-refractivity contribution in [3.8, 4) is 22.9 Å². The van der Waals surface area contributed by atoms with Crippen LogP contribution < -0.4 is 20.7 Å². The summed E-state index contributed by atoms with van der Waals surface area (Å²) in [5, 5.41) is 17.8. The fourth-order valence-electron chi connectivity index (χ4n) is 7.34. The van der Waals surface area contributed by atoms with Gasteiger partial charge in [-0.1, -0.05) is 152 Å². The third-order valence-electron chi connectivity index (χ3n) is 9.40. The summed E-state index contributed by atoms with van der Waals surface area (Å²) in [6.07, 6.45) is 0. The Morgan fingerprint density at radius 2 is 1.00 bits per heavy atom. The SMILES string of the molecule is [C-]#[N+]c1cc(C#N)c(-c2cccc([Si](c3ccccc3)(c3ccccc3)c3ccccc3)c2)cc1-n1c2ccccc2c2ccccc21. The van der Waals surface area contributed by atoms with E-state index < -0.39 is 8.07 Å². The van der Waals surface area contributed by atoms with E-state index in [-0.39, 0.29) is 0 Å². The van der Waals surface area contributed by atoms with Crippen LogP contribution in [0.3, 0.4) is 0 Å². The van der Waals surface area contributed by atoms with Crippen LogP contribution in [0.15, 0.2) is 176 Å². The molecule has 0 N–H and O–H groups in total. The number of para-hydroxylation sites is 2. The van der Waals surface area contributed by atoms with E-state index in [9.17, 15) is 5.26 Å². The Labute approximate surface area is 281 Å². The molecular formula is C44H29N3Si. The molecule has 1 heterocycles. The van der Waals surface area contributed by atoms with Gasteiger partial charge in [0.25, 0.3) is 0 Å². The van der Waals surface area contributed by atoms with Crippen molar-refractivity contribution < 1.29 is 0 Å². The molecule has 8 aromatic rings. The molecule has 0 bridgehead atoms. The monoisotopic (exact) mass is 627 g/mol. The van der Waals surface area contributed by atoms with Crippen molar-refractivity contribution >= 4 is 56.3 Å². The molecule has 0 saturated carbocycles. The lowest BCUT2D eigenvalue weighted by atomic mass is 9.98. The Morgan fingerprint density at radius 3 is 1.50 bits per heavy atom. The molecule has 0 fully saturated rings. The van der Waals surface area contributed by atoms with Gasteiger partial charge >= 0.3 is 0 Å². The van der Waals surface area contributed by atoms with Crippen LogP contribution in [0.4, 0.5) is 5.69 Å². The maximum atomic E-state index is 10.5. The predicted octanol–water partition coefficient (Wildman–Crippen LogP) is 8.25. The highest BCUT2D eigenvalue weighted by Crippen LogP contribution is 2.39. The molecule has 0 aliphatic carbocycles. The lowest BCUT2D eigenvalue weighted by Crippen LogP contribution is -2.74. The molecule has 8 rings (SSSR count). The normalized spacial score (nSPS) is 11.3. The maximum absolute atomic E-state index is 10.5. The highest BCUT2D eigenvalue weighted by Gasteiger charge is 2.41. The lowest BCUT2D eigenvalue weighted by Gasteiger charge is -2.34. The van der Waals surface area contributed by atoms with E-state index in [1.165, 1.54) is 20.7 Å². The number of hydrogen-bond donors (Lipinski definition) is 0. The minimum absolute atomic E-state index is 0.444. The topological polar surface area (TPSA) is 33.1 Å². The van der Waals surface area contributed by atoms with Crippen molar-refractivity contribution in [1.29, 1.82) is 5.26 Å². The van der Waals surface area contributed by atoms with Crippen molar-refractivity contribution in [3.05, 3.63) is 193 Å². The van der Waals surface area contributed by atoms with E-state index in [0.717, 1.165) is 38.6 Å². The third-order valence-corrected chi connectivity index (χ3v) is 14.2. The second kappa shape index (κ2) is 12.0. The number of fused-ring (bicyclic) bond motifs is 3. The van der Waals surface area contributed by atoms with Crippen molar-refractivity contribution in [2.75, 3.05) is 0 Å². The molecule has 0 saturated heterocycles. The molecule has 48 heavy (non-hydrogen) atoms. The molecule has 0 amide bonds. The van der Waals surface area contributed by atoms with Gasteiger partial charge in [0.05, 0.1) is 29.4 Å². The van der Waals surface area contributed by atoms with E-state index in [2.05, 4.69) is 155 Å². The van der Waals surface area contributed by atoms with Gasteiger partial charge < -0.3 is 4.57 Å². The largest absolute Gasteiger partial charge is 0.319 e. The Balaban J connectivity index is 1.42. The predicted molar refractivity (Wildman–Crippen MR) is 201 cm³/mol. The first-order valence-electron chi connectivity index (χ1n) is 16.0. The van der Waals surface area contributed by atoms with E-state index in [0.29, 0.717) is 11.3 Å². The van der Waals surface area contributed by atoms with Gasteiger partial charge in [-0.05, 0) is 56.1 Å². The van der Waals surface area contributed by atoms with E-state index >= 15 is 0 Å². The maximum Gasteiger partial charge on any atom is 0.211 e. The minimum atomic E-state index is -2.79. The Kier molecular flexibility index (Phi) is 7.27. The summed E-state index contributed by atoms with van der Waals surface area (Å²) in [6, 6.07) is 64.1. The van der Waals surface area contributed by atoms with E-state index in [1.54, 1.807) is 6.07 Å². The van der Waals surface area contributed by atoms with Crippen LogP contribution >= 0.6 is 0 Å². The molecule has 0 aliphatic rings. The van der Waals surface area contributed by atoms with Gasteiger partial charge in [0.15, 0.2) is 8.07 Å². The Bertz CT molecular complexity index is 2370. The second-order valence-electron chi connectivity index (χ2n) is 11.9. The number of nitriles is 1. The van der Waals surface area contributed by atoms with Crippen LogP contribution in [-0.4, -0.2) is 12.6 Å². The molecule has 0 unspecified atom stereocenters. The van der Waals surface area contributed by atoms with Crippen molar-refractivity contribution in [3.63, 3.8) is 0 Å². The number of rotatable bonds is 6. The number of aromatic nitrogens is 1. The quantitative estimate of drug-likeness (QED) is 0.104. The van der Waals surface area contributed by atoms with Crippen LogP contribution in [-0.2, 0) is 0 Å². The van der Waals surface area contributed by atoms with E-state index in [4.69, 9.17) is 6.57 Å². The molecule has 0 radical (unpaired) electrons. The molecule has 1 aromatic heterocycles. The number of nitrogens with zero attached hydrogens (tertiary/aromatic N) is 3. The molecule has 224 valence electrons. The number of hydrogen-bond acceptors (Lipinski definition) is 1. The van der Waals surface area contributed by atoms with Gasteiger partial charge in [-0.3, -0.25) is 0 Å². The molecule has 7 aromatic carbocycles. The fourth-order valence-corrected chi connectivity index (χ4v) is 12.1. The van der Waals surface area contributed by atoms with Gasteiger partial charge in [0.1, 0.15) is 0 Å². The summed E-state index contributed by atoms with van der Waals surface area (Å²) in [7, 11) is -2.79. The van der Waals surface area contributed by atoms with Gasteiger partial charge in [0, 0.05) is 16.3 Å². The van der Waals surface area contributed by atoms with Crippen LogP contribution in [0, 0.1) is 17.9 Å². The molecule has 3 nitrogen and oxygen atoms in total. The Hall–Kier alpha value is -6.46. The van der Waals surface area contributed by atoms with Gasteiger partial charge in [0.2, 0.25) is 5.69 Å². The van der Waals surface area contributed by atoms with Crippen LogP contribution in [0.2, 0.25) is 0 Å². The number of benzene rings is 7. The highest BCUT2D eigenvalue weighted by atomic mass is 28.3. The van der Waals surface area contributed by atoms with E-state index in [1.807, 2.05) is 30.3 Å². The summed E-state index contributed by atoms with van der Waals surface area (Å²) >= 11 is 0. The Morgan fingerprint density at radius 1 is 0.521 bits per heavy atom. The average molecular weight is 628 g/mol.